The third-order valence-corrected chi connectivity index (χ3v) is 2.77. The van der Waals surface area contributed by atoms with E-state index in [1.807, 2.05) is 13.8 Å². The van der Waals surface area contributed by atoms with Crippen molar-refractivity contribution in [3.63, 3.8) is 0 Å². The molecule has 0 unspecified atom stereocenters. The Bertz CT molecular complexity index is 389. The zero-order valence-corrected chi connectivity index (χ0v) is 11.4. The first-order valence-electron chi connectivity index (χ1n) is 5.33. The van der Waals surface area contributed by atoms with Crippen LogP contribution in [-0.2, 0) is 0 Å². The van der Waals surface area contributed by atoms with Gasteiger partial charge in [0.1, 0.15) is 17.1 Å². The lowest BCUT2D eigenvalue weighted by molar-refractivity contribution is 0.0711. The molecule has 1 rings (SSSR count). The molecule has 0 saturated carbocycles. The fourth-order valence-corrected chi connectivity index (χ4v) is 1.94. The Labute approximate surface area is 108 Å². The Kier molecular flexibility index (Phi) is 4.93. The van der Waals surface area contributed by atoms with Crippen molar-refractivity contribution >= 4 is 21.8 Å². The van der Waals surface area contributed by atoms with Gasteiger partial charge in [0.25, 0.3) is 5.91 Å². The number of aromatic hydroxyl groups is 1. The van der Waals surface area contributed by atoms with Crippen LogP contribution in [0.4, 0.5) is 4.39 Å². The van der Waals surface area contributed by atoms with Gasteiger partial charge in [-0.2, -0.15) is 0 Å². The van der Waals surface area contributed by atoms with Gasteiger partial charge < -0.3 is 10.0 Å². The predicted octanol–water partition coefficient (Wildman–Crippen LogP) is 2.78. The number of benzene rings is 1. The van der Waals surface area contributed by atoms with Gasteiger partial charge in [0.15, 0.2) is 0 Å². The van der Waals surface area contributed by atoms with Crippen molar-refractivity contribution in [3.8, 4) is 5.75 Å². The average molecular weight is 304 g/mol. The van der Waals surface area contributed by atoms with Crippen LogP contribution >= 0.6 is 15.9 Å². The number of rotatable bonds is 4. The minimum Gasteiger partial charge on any atom is -0.507 e. The fraction of sp³-hybridized carbons (Fsp3) is 0.417. The topological polar surface area (TPSA) is 40.5 Å². The van der Waals surface area contributed by atoms with Crippen LogP contribution in [0, 0.1) is 5.82 Å². The maximum absolute atomic E-state index is 13.5. The van der Waals surface area contributed by atoms with Crippen LogP contribution in [0.15, 0.2) is 18.2 Å². The van der Waals surface area contributed by atoms with Crippen molar-refractivity contribution in [2.45, 2.75) is 19.9 Å². The summed E-state index contributed by atoms with van der Waals surface area (Å²) in [5.74, 6) is -1.51. The lowest BCUT2D eigenvalue weighted by atomic mass is 10.1. The van der Waals surface area contributed by atoms with E-state index in [2.05, 4.69) is 15.9 Å². The van der Waals surface area contributed by atoms with Crippen molar-refractivity contribution in [2.75, 3.05) is 11.9 Å². The maximum Gasteiger partial charge on any atom is 0.260 e. The third kappa shape index (κ3) is 3.19. The van der Waals surface area contributed by atoms with Crippen molar-refractivity contribution in [3.05, 3.63) is 29.6 Å². The minimum absolute atomic E-state index is 0.0564. The van der Waals surface area contributed by atoms with E-state index in [1.165, 1.54) is 23.1 Å². The van der Waals surface area contributed by atoms with Crippen molar-refractivity contribution < 1.29 is 14.3 Å². The summed E-state index contributed by atoms with van der Waals surface area (Å²) in [5.41, 5.74) is -0.262. The van der Waals surface area contributed by atoms with Gasteiger partial charge in [0.05, 0.1) is 0 Å². The Morgan fingerprint density at radius 2 is 2.18 bits per heavy atom. The van der Waals surface area contributed by atoms with E-state index in [-0.39, 0.29) is 17.4 Å². The summed E-state index contributed by atoms with van der Waals surface area (Å²) < 4.78 is 13.5. The molecule has 1 aromatic carbocycles. The Morgan fingerprint density at radius 3 is 2.65 bits per heavy atom. The number of carbonyl (C=O) groups is 1. The summed E-state index contributed by atoms with van der Waals surface area (Å²) >= 11 is 3.25. The van der Waals surface area contributed by atoms with E-state index in [0.29, 0.717) is 11.9 Å². The summed E-state index contributed by atoms with van der Waals surface area (Å²) in [7, 11) is 0. The van der Waals surface area contributed by atoms with Gasteiger partial charge in [-0.1, -0.05) is 22.0 Å². The summed E-state index contributed by atoms with van der Waals surface area (Å²) in [6, 6.07) is 3.79. The van der Waals surface area contributed by atoms with Gasteiger partial charge in [0, 0.05) is 17.9 Å². The molecule has 5 heteroatoms. The standard InChI is InChI=1S/C12H15BrFNO2/c1-8(2)15(7-6-13)12(17)11-9(14)4-3-5-10(11)16/h3-5,8,16H,6-7H2,1-2H3. The molecule has 17 heavy (non-hydrogen) atoms. The number of halogens is 2. The quantitative estimate of drug-likeness (QED) is 0.869. The molecule has 0 heterocycles. The Hall–Kier alpha value is -1.10. The molecular weight excluding hydrogens is 289 g/mol. The molecule has 3 nitrogen and oxygen atoms in total. The van der Waals surface area contributed by atoms with Gasteiger partial charge in [-0.3, -0.25) is 4.79 Å². The molecular formula is C12H15BrFNO2. The number of hydrogen-bond donors (Lipinski definition) is 1. The largest absolute Gasteiger partial charge is 0.507 e. The summed E-state index contributed by atoms with van der Waals surface area (Å²) in [6.07, 6.45) is 0. The second-order valence-electron chi connectivity index (χ2n) is 3.92. The normalized spacial score (nSPS) is 10.6. The van der Waals surface area contributed by atoms with E-state index in [9.17, 15) is 14.3 Å². The molecule has 0 fully saturated rings. The number of carbonyl (C=O) groups excluding carboxylic acids is 1. The average Bonchev–Trinajstić information content (AvgIpc) is 2.24. The second-order valence-corrected chi connectivity index (χ2v) is 4.71. The van der Waals surface area contributed by atoms with Crippen molar-refractivity contribution in [1.82, 2.24) is 4.90 Å². The van der Waals surface area contributed by atoms with Gasteiger partial charge in [-0.05, 0) is 26.0 Å². The second kappa shape index (κ2) is 6.00. The molecule has 0 aliphatic carbocycles. The lowest BCUT2D eigenvalue weighted by Gasteiger charge is -2.26. The Balaban J connectivity index is 3.09. The molecule has 0 bridgehead atoms. The van der Waals surface area contributed by atoms with Crippen LogP contribution in [0.1, 0.15) is 24.2 Å². The Morgan fingerprint density at radius 1 is 1.53 bits per heavy atom. The molecule has 0 saturated heterocycles. The van der Waals surface area contributed by atoms with E-state index in [4.69, 9.17) is 0 Å². The van der Waals surface area contributed by atoms with Crippen LogP contribution in [0.25, 0.3) is 0 Å². The van der Waals surface area contributed by atoms with E-state index in [0.717, 1.165) is 0 Å². The highest BCUT2D eigenvalue weighted by Gasteiger charge is 2.23. The minimum atomic E-state index is -0.699. The molecule has 0 atom stereocenters. The van der Waals surface area contributed by atoms with Crippen molar-refractivity contribution in [2.24, 2.45) is 0 Å². The van der Waals surface area contributed by atoms with Gasteiger partial charge in [0.2, 0.25) is 0 Å². The predicted molar refractivity (Wildman–Crippen MR) is 68.0 cm³/mol. The van der Waals surface area contributed by atoms with E-state index >= 15 is 0 Å². The van der Waals surface area contributed by atoms with Crippen LogP contribution in [0.5, 0.6) is 5.75 Å². The van der Waals surface area contributed by atoms with Crippen LogP contribution in [0.2, 0.25) is 0 Å². The summed E-state index contributed by atoms with van der Waals surface area (Å²) in [6.45, 7) is 4.15. The first-order chi connectivity index (χ1) is 7.99. The molecule has 0 aromatic heterocycles. The van der Waals surface area contributed by atoms with Crippen LogP contribution < -0.4 is 0 Å². The SMILES string of the molecule is CC(C)N(CCBr)C(=O)c1c(O)cccc1F. The van der Waals surface area contributed by atoms with Crippen LogP contribution in [0.3, 0.4) is 0 Å². The van der Waals surface area contributed by atoms with Gasteiger partial charge in [-0.15, -0.1) is 0 Å². The summed E-state index contributed by atoms with van der Waals surface area (Å²) in [5, 5.41) is 10.2. The lowest BCUT2D eigenvalue weighted by Crippen LogP contribution is -2.38. The number of nitrogens with zero attached hydrogens (tertiary/aromatic N) is 1. The molecule has 94 valence electrons. The molecule has 1 aromatic rings. The van der Waals surface area contributed by atoms with Crippen molar-refractivity contribution in [1.29, 1.82) is 0 Å². The van der Waals surface area contributed by atoms with Gasteiger partial charge in [-0.25, -0.2) is 4.39 Å². The summed E-state index contributed by atoms with van der Waals surface area (Å²) in [4.78, 5) is 13.6. The van der Waals surface area contributed by atoms with Crippen LogP contribution in [-0.4, -0.2) is 33.8 Å². The molecule has 0 spiro atoms. The highest BCUT2D eigenvalue weighted by Crippen LogP contribution is 2.22. The highest BCUT2D eigenvalue weighted by molar-refractivity contribution is 9.09. The third-order valence-electron chi connectivity index (χ3n) is 2.42. The first-order valence-corrected chi connectivity index (χ1v) is 6.45. The zero-order chi connectivity index (χ0) is 13.0. The molecule has 1 N–H and O–H groups in total. The fourth-order valence-electron chi connectivity index (χ4n) is 1.55. The highest BCUT2D eigenvalue weighted by atomic mass is 79.9. The number of alkyl halides is 1. The first kappa shape index (κ1) is 14.0. The van der Waals surface area contributed by atoms with E-state index in [1.54, 1.807) is 0 Å². The van der Waals surface area contributed by atoms with Gasteiger partial charge >= 0.3 is 0 Å². The van der Waals surface area contributed by atoms with E-state index < -0.39 is 11.7 Å². The molecule has 1 amide bonds. The monoisotopic (exact) mass is 303 g/mol. The molecule has 0 aliphatic heterocycles. The number of amides is 1. The molecule has 0 radical (unpaired) electrons. The zero-order valence-electron chi connectivity index (χ0n) is 9.78. The number of phenols is 1. The maximum atomic E-state index is 13.5. The number of phenolic OH excluding ortho intramolecular Hbond substituents is 1. The smallest absolute Gasteiger partial charge is 0.260 e. The number of hydrogen-bond acceptors (Lipinski definition) is 2. The molecule has 0 aliphatic rings.